The number of nitrogens with zero attached hydrogens (tertiary/aromatic N) is 1. The van der Waals surface area contributed by atoms with Crippen LogP contribution in [-0.4, -0.2) is 18.0 Å². The zero-order chi connectivity index (χ0) is 14.4. The fourth-order valence-corrected chi connectivity index (χ4v) is 1.72. The number of para-hydroxylation sites is 1. The van der Waals surface area contributed by atoms with Crippen LogP contribution in [0.25, 0.3) is 0 Å². The summed E-state index contributed by atoms with van der Waals surface area (Å²) >= 11 is 0. The van der Waals surface area contributed by atoms with Crippen LogP contribution >= 0.6 is 0 Å². The largest absolute Gasteiger partial charge is 0.380 e. The average molecular weight is 265 g/mol. The molecule has 0 saturated carbocycles. The molecule has 5 nitrogen and oxygen atoms in total. The first-order valence-corrected chi connectivity index (χ1v) is 6.72. The van der Waals surface area contributed by atoms with Gasteiger partial charge in [0, 0.05) is 13.1 Å². The molecule has 0 bridgehead atoms. The molecule has 0 radical (unpaired) electrons. The molecular formula is C14H23N3O2. The summed E-state index contributed by atoms with van der Waals surface area (Å²) in [4.78, 5) is 10.9. The molecule has 2 N–H and O–H groups in total. The summed E-state index contributed by atoms with van der Waals surface area (Å²) in [6, 6.07) is 5.32. The summed E-state index contributed by atoms with van der Waals surface area (Å²) in [6.45, 7) is 9.74. The minimum atomic E-state index is -0.333. The number of benzene rings is 1. The van der Waals surface area contributed by atoms with Gasteiger partial charge in [0.1, 0.15) is 11.4 Å². The minimum Gasteiger partial charge on any atom is -0.380 e. The SMILES string of the molecule is CCNc1cccc(NCC(C)C(C)C)c1[N+](=O)[O-]. The van der Waals surface area contributed by atoms with Crippen molar-refractivity contribution >= 4 is 17.1 Å². The third-order valence-corrected chi connectivity index (χ3v) is 3.34. The molecule has 0 fully saturated rings. The quantitative estimate of drug-likeness (QED) is 0.582. The molecule has 0 spiro atoms. The van der Waals surface area contributed by atoms with Gasteiger partial charge in [-0.3, -0.25) is 10.1 Å². The van der Waals surface area contributed by atoms with E-state index in [4.69, 9.17) is 0 Å². The van der Waals surface area contributed by atoms with Crippen molar-refractivity contribution in [3.8, 4) is 0 Å². The van der Waals surface area contributed by atoms with Gasteiger partial charge < -0.3 is 10.6 Å². The van der Waals surface area contributed by atoms with E-state index in [9.17, 15) is 10.1 Å². The third-order valence-electron chi connectivity index (χ3n) is 3.34. The maximum atomic E-state index is 11.2. The van der Waals surface area contributed by atoms with E-state index in [2.05, 4.69) is 31.4 Å². The van der Waals surface area contributed by atoms with Gasteiger partial charge in [-0.25, -0.2) is 0 Å². The van der Waals surface area contributed by atoms with Crippen LogP contribution in [0, 0.1) is 22.0 Å². The first kappa shape index (κ1) is 15.3. The number of nitrogens with one attached hydrogen (secondary N) is 2. The Bertz CT molecular complexity index is 433. The van der Waals surface area contributed by atoms with Crippen LogP contribution < -0.4 is 10.6 Å². The van der Waals surface area contributed by atoms with Crippen molar-refractivity contribution in [3.63, 3.8) is 0 Å². The lowest BCUT2D eigenvalue weighted by atomic mass is 9.98. The lowest BCUT2D eigenvalue weighted by Gasteiger charge is -2.17. The van der Waals surface area contributed by atoms with Crippen LogP contribution in [0.4, 0.5) is 17.1 Å². The molecule has 0 saturated heterocycles. The van der Waals surface area contributed by atoms with Gasteiger partial charge in [0.15, 0.2) is 0 Å². The second-order valence-electron chi connectivity index (χ2n) is 5.09. The molecule has 0 heterocycles. The molecule has 0 amide bonds. The van der Waals surface area contributed by atoms with E-state index >= 15 is 0 Å². The number of nitro groups is 1. The molecule has 19 heavy (non-hydrogen) atoms. The fraction of sp³-hybridized carbons (Fsp3) is 0.571. The highest BCUT2D eigenvalue weighted by molar-refractivity contribution is 5.76. The van der Waals surface area contributed by atoms with Gasteiger partial charge in [0.2, 0.25) is 0 Å². The van der Waals surface area contributed by atoms with Gasteiger partial charge in [-0.2, -0.15) is 0 Å². The van der Waals surface area contributed by atoms with E-state index in [1.807, 2.05) is 13.0 Å². The van der Waals surface area contributed by atoms with Gasteiger partial charge in [-0.05, 0) is 30.9 Å². The van der Waals surface area contributed by atoms with Crippen molar-refractivity contribution in [2.75, 3.05) is 23.7 Å². The van der Waals surface area contributed by atoms with Crippen molar-refractivity contribution < 1.29 is 4.92 Å². The molecule has 1 unspecified atom stereocenters. The summed E-state index contributed by atoms with van der Waals surface area (Å²) in [5, 5.41) is 17.4. The Kier molecular flexibility index (Phi) is 5.60. The van der Waals surface area contributed by atoms with Crippen molar-refractivity contribution in [1.29, 1.82) is 0 Å². The number of hydrogen-bond donors (Lipinski definition) is 2. The molecule has 0 aliphatic heterocycles. The summed E-state index contributed by atoms with van der Waals surface area (Å²) in [7, 11) is 0. The highest BCUT2D eigenvalue weighted by atomic mass is 16.6. The van der Waals surface area contributed by atoms with Gasteiger partial charge in [0.05, 0.1) is 4.92 Å². The lowest BCUT2D eigenvalue weighted by Crippen LogP contribution is -2.17. The highest BCUT2D eigenvalue weighted by Crippen LogP contribution is 2.33. The summed E-state index contributed by atoms with van der Waals surface area (Å²) < 4.78 is 0. The van der Waals surface area contributed by atoms with Gasteiger partial charge in [-0.15, -0.1) is 0 Å². The Morgan fingerprint density at radius 1 is 1.21 bits per heavy atom. The van der Waals surface area contributed by atoms with Crippen LogP contribution in [0.1, 0.15) is 27.7 Å². The molecule has 5 heteroatoms. The summed E-state index contributed by atoms with van der Waals surface area (Å²) in [5.74, 6) is 1.01. The number of hydrogen-bond acceptors (Lipinski definition) is 4. The predicted octanol–water partition coefficient (Wildman–Crippen LogP) is 3.73. The molecule has 1 atom stereocenters. The van der Waals surface area contributed by atoms with Gasteiger partial charge in [-0.1, -0.05) is 26.8 Å². The Balaban J connectivity index is 2.93. The predicted molar refractivity (Wildman–Crippen MR) is 79.8 cm³/mol. The molecule has 1 aromatic rings. The molecule has 0 aliphatic rings. The Hall–Kier alpha value is -1.78. The first-order chi connectivity index (χ1) is 8.97. The normalized spacial score (nSPS) is 12.3. The first-order valence-electron chi connectivity index (χ1n) is 6.72. The van der Waals surface area contributed by atoms with Crippen LogP contribution in [0.3, 0.4) is 0 Å². The second-order valence-corrected chi connectivity index (χ2v) is 5.09. The maximum Gasteiger partial charge on any atom is 0.315 e. The van der Waals surface area contributed by atoms with Crippen LogP contribution in [-0.2, 0) is 0 Å². The monoisotopic (exact) mass is 265 g/mol. The zero-order valence-corrected chi connectivity index (χ0v) is 12.1. The smallest absolute Gasteiger partial charge is 0.315 e. The Labute approximate surface area is 114 Å². The summed E-state index contributed by atoms with van der Waals surface area (Å²) in [6.07, 6.45) is 0. The van der Waals surface area contributed by atoms with Gasteiger partial charge in [0.25, 0.3) is 0 Å². The van der Waals surface area contributed by atoms with Crippen molar-refractivity contribution in [2.45, 2.75) is 27.7 Å². The minimum absolute atomic E-state index is 0.125. The van der Waals surface area contributed by atoms with E-state index in [0.717, 1.165) is 6.54 Å². The lowest BCUT2D eigenvalue weighted by molar-refractivity contribution is -0.383. The topological polar surface area (TPSA) is 67.2 Å². The van der Waals surface area contributed by atoms with Crippen LogP contribution in [0.5, 0.6) is 0 Å². The van der Waals surface area contributed by atoms with E-state index in [-0.39, 0.29) is 10.6 Å². The molecular weight excluding hydrogens is 242 g/mol. The second kappa shape index (κ2) is 6.97. The number of nitro benzene ring substituents is 1. The van der Waals surface area contributed by atoms with E-state index < -0.39 is 0 Å². The Morgan fingerprint density at radius 2 is 1.79 bits per heavy atom. The van der Waals surface area contributed by atoms with Gasteiger partial charge >= 0.3 is 5.69 Å². The van der Waals surface area contributed by atoms with E-state index in [1.165, 1.54) is 0 Å². The molecule has 0 aromatic heterocycles. The zero-order valence-electron chi connectivity index (χ0n) is 12.1. The number of rotatable bonds is 7. The van der Waals surface area contributed by atoms with E-state index in [0.29, 0.717) is 29.8 Å². The maximum absolute atomic E-state index is 11.2. The molecule has 1 rings (SSSR count). The van der Waals surface area contributed by atoms with Crippen molar-refractivity contribution in [1.82, 2.24) is 0 Å². The highest BCUT2D eigenvalue weighted by Gasteiger charge is 2.19. The number of anilines is 2. The molecule has 0 aliphatic carbocycles. The fourth-order valence-electron chi connectivity index (χ4n) is 1.72. The Morgan fingerprint density at radius 3 is 2.26 bits per heavy atom. The van der Waals surface area contributed by atoms with Crippen LogP contribution in [0.2, 0.25) is 0 Å². The van der Waals surface area contributed by atoms with E-state index in [1.54, 1.807) is 12.1 Å². The standard InChI is InChI=1S/C14H23N3O2/c1-5-15-12-7-6-8-13(14(12)17(18)19)16-9-11(4)10(2)3/h6-8,10-11,15-16H,5,9H2,1-4H3. The van der Waals surface area contributed by atoms with Crippen LogP contribution in [0.15, 0.2) is 18.2 Å². The van der Waals surface area contributed by atoms with Crippen molar-refractivity contribution in [3.05, 3.63) is 28.3 Å². The molecule has 1 aromatic carbocycles. The molecule has 106 valence electrons. The average Bonchev–Trinajstić information content (AvgIpc) is 2.35. The third kappa shape index (κ3) is 4.12. The van der Waals surface area contributed by atoms with Crippen molar-refractivity contribution in [2.24, 2.45) is 11.8 Å². The summed E-state index contributed by atoms with van der Waals surface area (Å²) in [5.41, 5.74) is 1.27.